The van der Waals surface area contributed by atoms with Crippen LogP contribution in [-0.2, 0) is 9.03 Å². The minimum atomic E-state index is -1.68. The van der Waals surface area contributed by atoms with Crippen LogP contribution in [0.3, 0.4) is 0 Å². The highest BCUT2D eigenvalue weighted by Gasteiger charge is 2.55. The number of fused-ring (bicyclic) bond motifs is 1. The third-order valence-electron chi connectivity index (χ3n) is 4.23. The van der Waals surface area contributed by atoms with Crippen LogP contribution in [0.25, 0.3) is 10.9 Å². The number of carbonyl (C=O) groups is 1. The normalized spacial score (nSPS) is 31.9. The van der Waals surface area contributed by atoms with E-state index in [1.54, 1.807) is 24.3 Å². The van der Waals surface area contributed by atoms with Gasteiger partial charge in [-0.15, -0.1) is 0 Å². The average molecular weight is 451 g/mol. The Kier molecular flexibility index (Phi) is 5.59. The second kappa shape index (κ2) is 7.43. The first kappa shape index (κ1) is 19.6. The molecule has 3 rings (SSSR count). The van der Waals surface area contributed by atoms with Gasteiger partial charge in [-0.1, -0.05) is 18.2 Å². The number of nitrogens with zero attached hydrogens (tertiary/aromatic N) is 1. The molecule has 1 aliphatic heterocycles. The fourth-order valence-corrected chi connectivity index (χ4v) is 3.88. The van der Waals surface area contributed by atoms with E-state index in [4.69, 9.17) is 25.6 Å². The van der Waals surface area contributed by atoms with Crippen molar-refractivity contribution in [3.63, 3.8) is 0 Å². The highest BCUT2D eigenvalue weighted by atomic mass is 79.9. The molecular weight excluding hydrogens is 434 g/mol. The monoisotopic (exact) mass is 449 g/mol. The lowest BCUT2D eigenvalue weighted by Gasteiger charge is -2.45. The van der Waals surface area contributed by atoms with Crippen molar-refractivity contribution in [1.82, 2.24) is 4.57 Å². The molecule has 1 aromatic carbocycles. The molecule has 0 radical (unpaired) electrons. The van der Waals surface area contributed by atoms with E-state index in [-0.39, 0.29) is 11.8 Å². The van der Waals surface area contributed by atoms with Crippen LogP contribution in [0.2, 0.25) is 0 Å². The minimum absolute atomic E-state index is 0.128. The molecule has 0 unspecified atom stereocenters. The molecule has 1 aliphatic rings. The van der Waals surface area contributed by atoms with Crippen LogP contribution in [0.5, 0.6) is 5.88 Å². The van der Waals surface area contributed by atoms with E-state index < -0.39 is 35.7 Å². The Morgan fingerprint density at radius 3 is 2.73 bits per heavy atom. The van der Waals surface area contributed by atoms with Crippen LogP contribution < -0.4 is 4.74 Å². The third-order valence-corrected chi connectivity index (χ3v) is 5.31. The number of hydrogen-bond acceptors (Lipinski definition) is 7. The summed E-state index contributed by atoms with van der Waals surface area (Å²) < 4.78 is 15.5. The largest absolute Gasteiger partial charge is 0.469 e. The lowest BCUT2D eigenvalue weighted by molar-refractivity contribution is -0.287. The van der Waals surface area contributed by atoms with E-state index in [0.29, 0.717) is 5.52 Å². The van der Waals surface area contributed by atoms with Gasteiger partial charge < -0.3 is 24.8 Å². The molecule has 0 saturated carbocycles. The number of benzene rings is 1. The standard InChI is InChI=1S/C16H17BrClNO7/c1-8(21)19-10-5-3-2-4-9(10)6-11(19)24-13-12(22)15(23)25-16(17,7-20)14(13)26-18/h2-6,12-15,20,22-23H,7H2,1H3/t12-,13-,14+,15-,16-/m1/s1. The van der Waals surface area contributed by atoms with Crippen molar-refractivity contribution in [3.8, 4) is 5.88 Å². The molecule has 0 amide bonds. The fourth-order valence-electron chi connectivity index (χ4n) is 2.98. The van der Waals surface area contributed by atoms with Gasteiger partial charge in [0, 0.05) is 18.4 Å². The predicted octanol–water partition coefficient (Wildman–Crippen LogP) is 1.38. The second-order valence-corrected chi connectivity index (χ2v) is 7.45. The van der Waals surface area contributed by atoms with Gasteiger partial charge in [0.15, 0.2) is 23.0 Å². The second-order valence-electron chi connectivity index (χ2n) is 5.93. The van der Waals surface area contributed by atoms with Crippen molar-refractivity contribution >= 4 is 44.6 Å². The van der Waals surface area contributed by atoms with E-state index in [1.807, 2.05) is 6.07 Å². The zero-order valence-corrected chi connectivity index (χ0v) is 15.9. The number of aliphatic hydroxyl groups is 3. The van der Waals surface area contributed by atoms with E-state index in [1.165, 1.54) is 11.5 Å². The Morgan fingerprint density at radius 2 is 2.12 bits per heavy atom. The first-order chi connectivity index (χ1) is 12.3. The molecular formula is C16H17BrClNO7. The van der Waals surface area contributed by atoms with Crippen LogP contribution in [-0.4, -0.2) is 61.5 Å². The Bertz CT molecular complexity index is 815. The van der Waals surface area contributed by atoms with Gasteiger partial charge in [0.1, 0.15) is 6.10 Å². The molecule has 2 aromatic rings. The molecule has 0 spiro atoms. The number of rotatable bonds is 4. The predicted molar refractivity (Wildman–Crippen MR) is 95.2 cm³/mol. The molecule has 5 atom stereocenters. The van der Waals surface area contributed by atoms with E-state index in [2.05, 4.69) is 15.9 Å². The van der Waals surface area contributed by atoms with Crippen molar-refractivity contribution in [2.45, 2.75) is 36.0 Å². The molecule has 8 nitrogen and oxygen atoms in total. The zero-order chi connectivity index (χ0) is 19.1. The molecule has 2 heterocycles. The Labute approximate surface area is 162 Å². The molecule has 3 N–H and O–H groups in total. The van der Waals surface area contributed by atoms with Gasteiger partial charge in [0.05, 0.1) is 24.0 Å². The fraction of sp³-hybridized carbons (Fsp3) is 0.438. The summed E-state index contributed by atoms with van der Waals surface area (Å²) in [6, 6.07) is 8.75. The number of aliphatic hydroxyl groups excluding tert-OH is 3. The molecule has 1 fully saturated rings. The number of carbonyl (C=O) groups excluding carboxylic acids is 1. The number of alkyl halides is 1. The summed E-state index contributed by atoms with van der Waals surface area (Å²) in [7, 11) is 0. The number of ether oxygens (including phenoxy) is 2. The highest BCUT2D eigenvalue weighted by Crippen LogP contribution is 2.39. The number of aromatic nitrogens is 1. The molecule has 10 heteroatoms. The number of hydrogen-bond donors (Lipinski definition) is 3. The zero-order valence-electron chi connectivity index (χ0n) is 13.6. The molecule has 142 valence electrons. The molecule has 1 saturated heterocycles. The van der Waals surface area contributed by atoms with Crippen molar-refractivity contribution in [3.05, 3.63) is 30.3 Å². The summed E-state index contributed by atoms with van der Waals surface area (Å²) in [5.74, 6) is -0.178. The van der Waals surface area contributed by atoms with Crippen molar-refractivity contribution < 1.29 is 33.9 Å². The van der Waals surface area contributed by atoms with Crippen LogP contribution in [0.1, 0.15) is 11.7 Å². The Balaban J connectivity index is 2.04. The van der Waals surface area contributed by atoms with Gasteiger partial charge in [0.25, 0.3) is 0 Å². The van der Waals surface area contributed by atoms with Gasteiger partial charge in [-0.2, -0.15) is 0 Å². The van der Waals surface area contributed by atoms with Gasteiger partial charge in [0.2, 0.25) is 11.8 Å². The summed E-state index contributed by atoms with van der Waals surface area (Å²) in [4.78, 5) is 12.1. The van der Waals surface area contributed by atoms with Gasteiger partial charge in [-0.05, 0) is 22.0 Å². The molecule has 1 aromatic heterocycles. The van der Waals surface area contributed by atoms with Crippen LogP contribution in [0.4, 0.5) is 0 Å². The summed E-state index contributed by atoms with van der Waals surface area (Å²) in [5.41, 5.74) is 0.618. The Morgan fingerprint density at radius 1 is 1.42 bits per heavy atom. The molecule has 26 heavy (non-hydrogen) atoms. The molecule has 0 bridgehead atoms. The summed E-state index contributed by atoms with van der Waals surface area (Å²) >= 11 is 8.65. The number of para-hydroxylation sites is 1. The minimum Gasteiger partial charge on any atom is -0.469 e. The van der Waals surface area contributed by atoms with Crippen molar-refractivity contribution in [1.29, 1.82) is 0 Å². The van der Waals surface area contributed by atoms with Gasteiger partial charge in [-0.3, -0.25) is 13.7 Å². The average Bonchev–Trinajstić information content (AvgIpc) is 2.97. The SMILES string of the molecule is CC(=O)n1c(O[C@@H]2[C@@H](O)[C@H](O)O[C@](Br)(CO)[C@H]2OCl)cc2ccccc21. The third kappa shape index (κ3) is 3.24. The maximum Gasteiger partial charge on any atom is 0.230 e. The Hall–Kier alpha value is -1.20. The first-order valence-corrected chi connectivity index (χ1v) is 8.81. The summed E-state index contributed by atoms with van der Waals surface area (Å²) in [6.45, 7) is 0.746. The van der Waals surface area contributed by atoms with Crippen molar-refractivity contribution in [2.75, 3.05) is 6.61 Å². The lowest BCUT2D eigenvalue weighted by Crippen LogP contribution is -2.65. The smallest absolute Gasteiger partial charge is 0.230 e. The summed E-state index contributed by atoms with van der Waals surface area (Å²) in [5, 5.41) is 30.6. The van der Waals surface area contributed by atoms with E-state index in [9.17, 15) is 20.1 Å². The quantitative estimate of drug-likeness (QED) is 0.604. The number of halogens is 2. The topological polar surface area (TPSA) is 110 Å². The van der Waals surface area contributed by atoms with Gasteiger partial charge in [-0.25, -0.2) is 0 Å². The van der Waals surface area contributed by atoms with Crippen LogP contribution in [0.15, 0.2) is 30.3 Å². The maximum absolute atomic E-state index is 12.1. The summed E-state index contributed by atoms with van der Waals surface area (Å²) in [6.07, 6.45) is -5.67. The first-order valence-electron chi connectivity index (χ1n) is 7.71. The highest BCUT2D eigenvalue weighted by molar-refractivity contribution is 9.10. The van der Waals surface area contributed by atoms with Crippen LogP contribution in [0, 0.1) is 0 Å². The van der Waals surface area contributed by atoms with Crippen molar-refractivity contribution in [2.24, 2.45) is 0 Å². The molecule has 0 aliphatic carbocycles. The van der Waals surface area contributed by atoms with Crippen LogP contribution >= 0.6 is 27.8 Å². The lowest BCUT2D eigenvalue weighted by atomic mass is 9.99. The van der Waals surface area contributed by atoms with E-state index >= 15 is 0 Å². The van der Waals surface area contributed by atoms with E-state index in [0.717, 1.165) is 5.39 Å². The van der Waals surface area contributed by atoms with Gasteiger partial charge >= 0.3 is 0 Å². The maximum atomic E-state index is 12.1.